The minimum Gasteiger partial charge on any atom is -0.507 e. The van der Waals surface area contributed by atoms with Crippen molar-refractivity contribution in [2.45, 2.75) is 6.92 Å². The molecule has 0 radical (unpaired) electrons. The van der Waals surface area contributed by atoms with Crippen LogP contribution in [-0.4, -0.2) is 23.2 Å². The second-order valence-corrected chi connectivity index (χ2v) is 4.63. The SMILES string of the molecule is COC(=O)c1cccc2oc(-c3c(C)cccc3O)nc12. The Morgan fingerprint density at radius 2 is 2.00 bits per heavy atom. The molecule has 0 fully saturated rings. The van der Waals surface area contributed by atoms with E-state index in [9.17, 15) is 9.90 Å². The molecule has 5 nitrogen and oxygen atoms in total. The van der Waals surface area contributed by atoms with Gasteiger partial charge in [-0.25, -0.2) is 9.78 Å². The first-order valence-corrected chi connectivity index (χ1v) is 6.38. The number of esters is 1. The van der Waals surface area contributed by atoms with E-state index in [-0.39, 0.29) is 11.6 Å². The number of methoxy groups -OCH3 is 1. The molecule has 0 aliphatic heterocycles. The molecule has 0 amide bonds. The van der Waals surface area contributed by atoms with Crippen LogP contribution in [0.15, 0.2) is 40.8 Å². The molecule has 1 N–H and O–H groups in total. The second-order valence-electron chi connectivity index (χ2n) is 4.63. The van der Waals surface area contributed by atoms with E-state index in [0.717, 1.165) is 5.56 Å². The molecular weight excluding hydrogens is 270 g/mol. The lowest BCUT2D eigenvalue weighted by molar-refractivity contribution is 0.0602. The van der Waals surface area contributed by atoms with Gasteiger partial charge < -0.3 is 14.3 Å². The van der Waals surface area contributed by atoms with E-state index >= 15 is 0 Å². The highest BCUT2D eigenvalue weighted by Crippen LogP contribution is 2.34. The maximum Gasteiger partial charge on any atom is 0.340 e. The number of para-hydroxylation sites is 1. The van der Waals surface area contributed by atoms with Gasteiger partial charge in [-0.05, 0) is 30.7 Å². The highest BCUT2D eigenvalue weighted by molar-refractivity contribution is 6.01. The van der Waals surface area contributed by atoms with Gasteiger partial charge in [-0.1, -0.05) is 18.2 Å². The Morgan fingerprint density at radius 1 is 1.24 bits per heavy atom. The Morgan fingerprint density at radius 3 is 2.71 bits per heavy atom. The van der Waals surface area contributed by atoms with Gasteiger partial charge in [0.05, 0.1) is 18.2 Å². The third kappa shape index (κ3) is 2.12. The number of fused-ring (bicyclic) bond motifs is 1. The smallest absolute Gasteiger partial charge is 0.340 e. The van der Waals surface area contributed by atoms with Gasteiger partial charge in [0.25, 0.3) is 0 Å². The van der Waals surface area contributed by atoms with Crippen molar-refractivity contribution in [2.75, 3.05) is 7.11 Å². The Kier molecular flexibility index (Phi) is 3.10. The van der Waals surface area contributed by atoms with Gasteiger partial charge >= 0.3 is 5.97 Å². The van der Waals surface area contributed by atoms with E-state index in [1.807, 2.05) is 13.0 Å². The number of phenols is 1. The number of nitrogens with zero attached hydrogens (tertiary/aromatic N) is 1. The van der Waals surface area contributed by atoms with Crippen LogP contribution < -0.4 is 0 Å². The van der Waals surface area contributed by atoms with Crippen LogP contribution in [0.25, 0.3) is 22.6 Å². The summed E-state index contributed by atoms with van der Waals surface area (Å²) in [5, 5.41) is 10.0. The molecule has 1 aromatic heterocycles. The average Bonchev–Trinajstić information content (AvgIpc) is 2.89. The van der Waals surface area contributed by atoms with Gasteiger partial charge in [0.1, 0.15) is 11.3 Å². The van der Waals surface area contributed by atoms with Gasteiger partial charge in [0.15, 0.2) is 5.58 Å². The van der Waals surface area contributed by atoms with E-state index in [4.69, 9.17) is 9.15 Å². The number of hydrogen-bond acceptors (Lipinski definition) is 5. The third-order valence-corrected chi connectivity index (χ3v) is 3.29. The zero-order chi connectivity index (χ0) is 15.0. The Balaban J connectivity index is 2.25. The van der Waals surface area contributed by atoms with E-state index in [0.29, 0.717) is 22.2 Å². The summed E-state index contributed by atoms with van der Waals surface area (Å²) in [6.45, 7) is 1.85. The van der Waals surface area contributed by atoms with Crippen molar-refractivity contribution >= 4 is 17.1 Å². The Bertz CT molecular complexity index is 815. The maximum atomic E-state index is 11.8. The number of aryl methyl sites for hydroxylation is 1. The first-order chi connectivity index (χ1) is 10.1. The summed E-state index contributed by atoms with van der Waals surface area (Å²) in [6.07, 6.45) is 0. The number of rotatable bonds is 2. The lowest BCUT2D eigenvalue weighted by Gasteiger charge is -2.03. The summed E-state index contributed by atoms with van der Waals surface area (Å²) in [5.74, 6) is -0.118. The van der Waals surface area contributed by atoms with Gasteiger partial charge in [-0.2, -0.15) is 0 Å². The molecule has 0 atom stereocenters. The molecule has 106 valence electrons. The van der Waals surface area contributed by atoms with Crippen LogP contribution in [0, 0.1) is 6.92 Å². The number of benzene rings is 2. The van der Waals surface area contributed by atoms with E-state index in [1.54, 1.807) is 30.3 Å². The Labute approximate surface area is 120 Å². The molecule has 0 spiro atoms. The van der Waals surface area contributed by atoms with Crippen LogP contribution in [0.2, 0.25) is 0 Å². The number of carbonyl (C=O) groups excluding carboxylic acids is 1. The number of aromatic hydroxyl groups is 1. The van der Waals surface area contributed by atoms with Crippen molar-refractivity contribution in [1.29, 1.82) is 0 Å². The van der Waals surface area contributed by atoms with Gasteiger partial charge in [0, 0.05) is 0 Å². The summed E-state index contributed by atoms with van der Waals surface area (Å²) in [5.41, 5.74) is 2.57. The largest absolute Gasteiger partial charge is 0.507 e. The molecule has 0 saturated carbocycles. The standard InChI is InChI=1S/C16H13NO4/c1-9-5-3-7-11(18)13(9)15-17-14-10(16(19)20-2)6-4-8-12(14)21-15/h3-8,18H,1-2H3. The first kappa shape index (κ1) is 13.2. The molecule has 3 rings (SSSR count). The number of carbonyl (C=O) groups is 1. The number of phenolic OH excluding ortho intramolecular Hbond substituents is 1. The predicted molar refractivity (Wildman–Crippen MR) is 77.2 cm³/mol. The minimum absolute atomic E-state index is 0.0844. The van der Waals surface area contributed by atoms with Crippen molar-refractivity contribution in [2.24, 2.45) is 0 Å². The molecule has 2 aromatic carbocycles. The maximum absolute atomic E-state index is 11.8. The molecule has 0 aliphatic carbocycles. The number of hydrogen-bond donors (Lipinski definition) is 1. The normalized spacial score (nSPS) is 10.8. The van der Waals surface area contributed by atoms with Crippen molar-refractivity contribution in [1.82, 2.24) is 4.98 Å². The summed E-state index contributed by atoms with van der Waals surface area (Å²) >= 11 is 0. The van der Waals surface area contributed by atoms with Crippen LogP contribution in [0.1, 0.15) is 15.9 Å². The highest BCUT2D eigenvalue weighted by atomic mass is 16.5. The zero-order valence-corrected chi connectivity index (χ0v) is 11.6. The number of ether oxygens (including phenoxy) is 1. The molecule has 3 aromatic rings. The van der Waals surface area contributed by atoms with Crippen molar-refractivity contribution in [3.63, 3.8) is 0 Å². The highest BCUT2D eigenvalue weighted by Gasteiger charge is 2.19. The predicted octanol–water partition coefficient (Wildman–Crippen LogP) is 3.30. The van der Waals surface area contributed by atoms with E-state index in [2.05, 4.69) is 4.98 Å². The quantitative estimate of drug-likeness (QED) is 0.730. The second kappa shape index (κ2) is 4.94. The lowest BCUT2D eigenvalue weighted by Crippen LogP contribution is -2.01. The third-order valence-electron chi connectivity index (χ3n) is 3.29. The van der Waals surface area contributed by atoms with Gasteiger partial charge in [-0.15, -0.1) is 0 Å². The van der Waals surface area contributed by atoms with Gasteiger partial charge in [0.2, 0.25) is 5.89 Å². The molecule has 5 heteroatoms. The van der Waals surface area contributed by atoms with Crippen LogP contribution in [0.3, 0.4) is 0 Å². The van der Waals surface area contributed by atoms with Crippen molar-refractivity contribution in [3.05, 3.63) is 47.5 Å². The molecule has 21 heavy (non-hydrogen) atoms. The fraction of sp³-hybridized carbons (Fsp3) is 0.125. The molecule has 0 saturated heterocycles. The van der Waals surface area contributed by atoms with Crippen LogP contribution in [0.4, 0.5) is 0 Å². The number of aromatic nitrogens is 1. The van der Waals surface area contributed by atoms with E-state index < -0.39 is 5.97 Å². The summed E-state index contributed by atoms with van der Waals surface area (Å²) < 4.78 is 10.4. The van der Waals surface area contributed by atoms with Crippen LogP contribution >= 0.6 is 0 Å². The average molecular weight is 283 g/mol. The van der Waals surface area contributed by atoms with E-state index in [1.165, 1.54) is 7.11 Å². The van der Waals surface area contributed by atoms with Crippen molar-refractivity contribution in [3.8, 4) is 17.2 Å². The minimum atomic E-state index is -0.477. The summed E-state index contributed by atoms with van der Waals surface area (Å²) in [7, 11) is 1.31. The molecule has 0 unspecified atom stereocenters. The molecule has 1 heterocycles. The lowest BCUT2D eigenvalue weighted by atomic mass is 10.1. The summed E-state index contributed by atoms with van der Waals surface area (Å²) in [6, 6.07) is 10.2. The summed E-state index contributed by atoms with van der Waals surface area (Å²) in [4.78, 5) is 16.1. The number of oxazole rings is 1. The molecule has 0 bridgehead atoms. The fourth-order valence-corrected chi connectivity index (χ4v) is 2.26. The molecule has 0 aliphatic rings. The fourth-order valence-electron chi connectivity index (χ4n) is 2.26. The monoisotopic (exact) mass is 283 g/mol. The topological polar surface area (TPSA) is 72.6 Å². The molecular formula is C16H13NO4. The zero-order valence-electron chi connectivity index (χ0n) is 11.6. The van der Waals surface area contributed by atoms with Crippen LogP contribution in [0.5, 0.6) is 5.75 Å². The first-order valence-electron chi connectivity index (χ1n) is 6.38. The van der Waals surface area contributed by atoms with Gasteiger partial charge in [-0.3, -0.25) is 0 Å². The van der Waals surface area contributed by atoms with Crippen LogP contribution in [-0.2, 0) is 4.74 Å². The van der Waals surface area contributed by atoms with Crippen molar-refractivity contribution < 1.29 is 19.1 Å². The Hall–Kier alpha value is -2.82.